The van der Waals surface area contributed by atoms with Crippen LogP contribution in [0.4, 0.5) is 4.39 Å². The van der Waals surface area contributed by atoms with Crippen LogP contribution >= 0.6 is 0 Å². The molecule has 0 spiro atoms. The van der Waals surface area contributed by atoms with Crippen LogP contribution in [0.3, 0.4) is 0 Å². The lowest BCUT2D eigenvalue weighted by molar-refractivity contribution is 0.0638. The van der Waals surface area contributed by atoms with Crippen molar-refractivity contribution in [2.45, 2.75) is 6.42 Å². The quantitative estimate of drug-likeness (QED) is 0.680. The van der Waals surface area contributed by atoms with Gasteiger partial charge in [-0.2, -0.15) is 0 Å². The third kappa shape index (κ3) is 4.31. The smallest absolute Gasteiger partial charge is 0.253 e. The summed E-state index contributed by atoms with van der Waals surface area (Å²) in [6.45, 7) is 4.14. The third-order valence-corrected chi connectivity index (χ3v) is 5.31. The van der Waals surface area contributed by atoms with E-state index in [1.54, 1.807) is 0 Å². The van der Waals surface area contributed by atoms with E-state index in [0.717, 1.165) is 56.0 Å². The minimum Gasteiger partial charge on any atom is -0.336 e. The van der Waals surface area contributed by atoms with Crippen LogP contribution in [0.2, 0.25) is 0 Å². The van der Waals surface area contributed by atoms with Crippen LogP contribution < -0.4 is 0 Å². The topological polar surface area (TPSA) is 28.5 Å². The van der Waals surface area contributed by atoms with E-state index in [0.29, 0.717) is 0 Å². The van der Waals surface area contributed by atoms with Crippen molar-refractivity contribution in [3.8, 4) is 5.69 Å². The first-order valence-electron chi connectivity index (χ1n) is 9.68. The van der Waals surface area contributed by atoms with Gasteiger partial charge in [0.15, 0.2) is 0 Å². The maximum absolute atomic E-state index is 13.0. The molecule has 1 aliphatic rings. The summed E-state index contributed by atoms with van der Waals surface area (Å²) in [5.74, 6) is -0.102. The van der Waals surface area contributed by atoms with E-state index in [1.807, 2.05) is 70.4 Å². The number of rotatable bonds is 5. The molecule has 0 saturated carbocycles. The molecule has 0 N–H and O–H groups in total. The number of aromatic nitrogens is 1. The van der Waals surface area contributed by atoms with E-state index in [9.17, 15) is 9.18 Å². The number of hydrogen-bond acceptors (Lipinski definition) is 2. The van der Waals surface area contributed by atoms with Crippen LogP contribution in [0.1, 0.15) is 15.9 Å². The van der Waals surface area contributed by atoms with Crippen molar-refractivity contribution >= 4 is 5.91 Å². The number of carbonyl (C=O) groups excluding carboxylic acids is 1. The number of piperazine rings is 1. The Morgan fingerprint density at radius 1 is 0.857 bits per heavy atom. The second-order valence-corrected chi connectivity index (χ2v) is 7.15. The second kappa shape index (κ2) is 8.40. The van der Waals surface area contributed by atoms with Crippen LogP contribution in [-0.2, 0) is 6.42 Å². The van der Waals surface area contributed by atoms with Gasteiger partial charge in [-0.1, -0.05) is 12.1 Å². The predicted molar refractivity (Wildman–Crippen MR) is 108 cm³/mol. The number of benzene rings is 2. The molecule has 5 heteroatoms. The molecule has 0 unspecified atom stereocenters. The maximum atomic E-state index is 13.0. The van der Waals surface area contributed by atoms with Crippen molar-refractivity contribution in [2.24, 2.45) is 0 Å². The van der Waals surface area contributed by atoms with E-state index >= 15 is 0 Å². The Bertz CT molecular complexity index is 896. The van der Waals surface area contributed by atoms with E-state index in [-0.39, 0.29) is 11.7 Å². The van der Waals surface area contributed by atoms with Gasteiger partial charge >= 0.3 is 0 Å². The molecule has 0 radical (unpaired) electrons. The van der Waals surface area contributed by atoms with Gasteiger partial charge in [0.25, 0.3) is 5.91 Å². The fourth-order valence-electron chi connectivity index (χ4n) is 3.58. The van der Waals surface area contributed by atoms with Crippen molar-refractivity contribution < 1.29 is 9.18 Å². The van der Waals surface area contributed by atoms with Gasteiger partial charge in [-0.05, 0) is 60.5 Å². The maximum Gasteiger partial charge on any atom is 0.253 e. The molecule has 0 aliphatic carbocycles. The lowest BCUT2D eigenvalue weighted by Gasteiger charge is -2.34. The minimum atomic E-state index is -0.197. The van der Waals surface area contributed by atoms with Gasteiger partial charge in [-0.3, -0.25) is 9.69 Å². The van der Waals surface area contributed by atoms with Crippen LogP contribution in [-0.4, -0.2) is 53.0 Å². The summed E-state index contributed by atoms with van der Waals surface area (Å²) in [6, 6.07) is 18.4. The van der Waals surface area contributed by atoms with E-state index < -0.39 is 0 Å². The summed E-state index contributed by atoms with van der Waals surface area (Å²) in [5.41, 5.74) is 2.92. The highest BCUT2D eigenvalue weighted by atomic mass is 19.1. The van der Waals surface area contributed by atoms with Crippen molar-refractivity contribution in [3.05, 3.63) is 90.0 Å². The first-order valence-corrected chi connectivity index (χ1v) is 9.68. The zero-order valence-electron chi connectivity index (χ0n) is 15.8. The molecule has 0 bridgehead atoms. The molecule has 1 fully saturated rings. The molecule has 1 aromatic heterocycles. The van der Waals surface area contributed by atoms with Crippen LogP contribution in [0.15, 0.2) is 73.1 Å². The summed E-state index contributed by atoms with van der Waals surface area (Å²) in [5, 5.41) is 0. The Morgan fingerprint density at radius 3 is 2.14 bits per heavy atom. The number of amides is 1. The van der Waals surface area contributed by atoms with E-state index in [4.69, 9.17) is 0 Å². The van der Waals surface area contributed by atoms with E-state index in [2.05, 4.69) is 4.90 Å². The highest BCUT2D eigenvalue weighted by Crippen LogP contribution is 2.14. The SMILES string of the molecule is O=C(c1ccc(-n2cccc2)cc1)N1CCN(CCc2ccc(F)cc2)CC1. The Hall–Kier alpha value is -2.92. The summed E-state index contributed by atoms with van der Waals surface area (Å²) in [4.78, 5) is 17.1. The normalized spacial score (nSPS) is 15.0. The summed E-state index contributed by atoms with van der Waals surface area (Å²) < 4.78 is 15.0. The Labute approximate surface area is 164 Å². The lowest BCUT2D eigenvalue weighted by Crippen LogP contribution is -2.49. The van der Waals surface area contributed by atoms with Crippen LogP contribution in [0, 0.1) is 5.82 Å². The van der Waals surface area contributed by atoms with Crippen molar-refractivity contribution in [1.29, 1.82) is 0 Å². The van der Waals surface area contributed by atoms with Crippen molar-refractivity contribution in [1.82, 2.24) is 14.4 Å². The lowest BCUT2D eigenvalue weighted by atomic mass is 10.1. The zero-order chi connectivity index (χ0) is 19.3. The molecule has 2 aromatic carbocycles. The van der Waals surface area contributed by atoms with Gasteiger partial charge in [0.1, 0.15) is 5.82 Å². The fourth-order valence-corrected chi connectivity index (χ4v) is 3.58. The molecule has 1 amide bonds. The summed E-state index contributed by atoms with van der Waals surface area (Å²) >= 11 is 0. The molecule has 4 rings (SSSR count). The van der Waals surface area contributed by atoms with Crippen LogP contribution in [0.5, 0.6) is 0 Å². The number of nitrogens with zero attached hydrogens (tertiary/aromatic N) is 3. The van der Waals surface area contributed by atoms with Crippen molar-refractivity contribution in [2.75, 3.05) is 32.7 Å². The second-order valence-electron chi connectivity index (χ2n) is 7.15. The van der Waals surface area contributed by atoms with Gasteiger partial charge in [0.2, 0.25) is 0 Å². The van der Waals surface area contributed by atoms with Gasteiger partial charge in [0, 0.05) is 56.4 Å². The Morgan fingerprint density at radius 2 is 1.50 bits per heavy atom. The number of hydrogen-bond donors (Lipinski definition) is 0. The predicted octanol–water partition coefficient (Wildman–Crippen LogP) is 3.62. The summed E-state index contributed by atoms with van der Waals surface area (Å²) in [6.07, 6.45) is 4.87. The number of carbonyl (C=O) groups is 1. The molecule has 2 heterocycles. The fraction of sp³-hybridized carbons (Fsp3) is 0.261. The summed E-state index contributed by atoms with van der Waals surface area (Å²) in [7, 11) is 0. The van der Waals surface area contributed by atoms with Gasteiger partial charge in [-0.25, -0.2) is 4.39 Å². The highest BCUT2D eigenvalue weighted by molar-refractivity contribution is 5.94. The molecule has 0 atom stereocenters. The molecular formula is C23H24FN3O. The minimum absolute atomic E-state index is 0.0947. The molecule has 3 aromatic rings. The van der Waals surface area contributed by atoms with Gasteiger partial charge in [-0.15, -0.1) is 0 Å². The zero-order valence-corrected chi connectivity index (χ0v) is 15.8. The Kier molecular flexibility index (Phi) is 5.53. The van der Waals surface area contributed by atoms with Crippen LogP contribution in [0.25, 0.3) is 5.69 Å². The molecule has 28 heavy (non-hydrogen) atoms. The van der Waals surface area contributed by atoms with Crippen molar-refractivity contribution in [3.63, 3.8) is 0 Å². The monoisotopic (exact) mass is 377 g/mol. The Balaban J connectivity index is 1.28. The molecule has 1 saturated heterocycles. The number of halogens is 1. The first kappa shape index (κ1) is 18.4. The van der Waals surface area contributed by atoms with Gasteiger partial charge < -0.3 is 9.47 Å². The molecule has 1 aliphatic heterocycles. The third-order valence-electron chi connectivity index (χ3n) is 5.31. The average Bonchev–Trinajstić information content (AvgIpc) is 3.28. The standard InChI is InChI=1S/C23H24FN3O/c24-21-7-3-19(4-8-21)11-14-25-15-17-27(18-16-25)23(28)20-5-9-22(10-6-20)26-12-1-2-13-26/h1-10,12-13H,11,14-18H2. The largest absolute Gasteiger partial charge is 0.336 e. The molecule has 4 nitrogen and oxygen atoms in total. The molecule has 144 valence electrons. The van der Waals surface area contributed by atoms with Gasteiger partial charge in [0.05, 0.1) is 0 Å². The first-order chi connectivity index (χ1) is 13.7. The van der Waals surface area contributed by atoms with E-state index in [1.165, 1.54) is 12.1 Å². The highest BCUT2D eigenvalue weighted by Gasteiger charge is 2.21. The average molecular weight is 377 g/mol. The molecular weight excluding hydrogens is 353 g/mol.